The van der Waals surface area contributed by atoms with Crippen LogP contribution in [0.3, 0.4) is 0 Å². The van der Waals surface area contributed by atoms with E-state index in [1.807, 2.05) is 0 Å². The summed E-state index contributed by atoms with van der Waals surface area (Å²) in [6.07, 6.45) is 0.721. The Balaban J connectivity index is 3.19. The van der Waals surface area contributed by atoms with Crippen molar-refractivity contribution in [2.45, 2.75) is 13.8 Å². The van der Waals surface area contributed by atoms with E-state index >= 15 is 0 Å². The molecule has 0 atom stereocenters. The van der Waals surface area contributed by atoms with Gasteiger partial charge in [0.15, 0.2) is 0 Å². The summed E-state index contributed by atoms with van der Waals surface area (Å²) < 4.78 is 0. The maximum absolute atomic E-state index is 9.80. The molecule has 0 radical (unpaired) electrons. The average molecular weight is 130 g/mol. The second-order valence-electron chi connectivity index (χ2n) is 1.78. The molecular weight excluding hydrogens is 116 g/mol. The first-order chi connectivity index (χ1) is 4.35. The Labute approximate surface area is 56.0 Å². The van der Waals surface area contributed by atoms with E-state index in [2.05, 4.69) is 24.1 Å². The van der Waals surface area contributed by atoms with Crippen LogP contribution in [-0.2, 0) is 4.79 Å². The summed E-state index contributed by atoms with van der Waals surface area (Å²) in [7, 11) is 0. The first-order valence-electron chi connectivity index (χ1n) is 3.24. The molecule has 1 amide bonds. The van der Waals surface area contributed by atoms with Crippen molar-refractivity contribution in [3.8, 4) is 0 Å². The van der Waals surface area contributed by atoms with Crippen molar-refractivity contribution in [2.24, 2.45) is 0 Å². The van der Waals surface area contributed by atoms with Crippen molar-refractivity contribution >= 4 is 6.41 Å². The Morgan fingerprint density at radius 3 is 2.33 bits per heavy atom. The molecule has 0 aromatic heterocycles. The zero-order valence-electron chi connectivity index (χ0n) is 6.05. The molecule has 0 spiro atoms. The lowest BCUT2D eigenvalue weighted by molar-refractivity contribution is -0.110. The van der Waals surface area contributed by atoms with Crippen LogP contribution in [0.2, 0.25) is 0 Å². The molecule has 0 aromatic carbocycles. The molecule has 0 fully saturated rings. The van der Waals surface area contributed by atoms with Gasteiger partial charge in [-0.1, -0.05) is 13.8 Å². The molecule has 3 heteroatoms. The number of amides is 1. The predicted octanol–water partition coefficient (Wildman–Crippen LogP) is 0.0317. The molecule has 0 bridgehead atoms. The zero-order valence-corrected chi connectivity index (χ0v) is 6.05. The van der Waals surface area contributed by atoms with Crippen LogP contribution in [0.25, 0.3) is 0 Å². The third kappa shape index (κ3) is 3.97. The molecule has 0 aromatic rings. The molecule has 0 aliphatic carbocycles. The minimum atomic E-state index is 0.663. The van der Waals surface area contributed by atoms with Crippen LogP contribution < -0.4 is 5.32 Å². The summed E-state index contributed by atoms with van der Waals surface area (Å²) in [4.78, 5) is 11.9. The molecular formula is C6H14N2O. The predicted molar refractivity (Wildman–Crippen MR) is 37.0 cm³/mol. The summed E-state index contributed by atoms with van der Waals surface area (Å²) in [5.74, 6) is 0. The number of rotatable bonds is 5. The van der Waals surface area contributed by atoms with Crippen molar-refractivity contribution in [3.05, 3.63) is 0 Å². The quantitative estimate of drug-likeness (QED) is 0.420. The highest BCUT2D eigenvalue weighted by Gasteiger charge is 1.93. The van der Waals surface area contributed by atoms with Crippen molar-refractivity contribution in [2.75, 3.05) is 19.8 Å². The smallest absolute Gasteiger partial charge is 0.208 e. The van der Waals surface area contributed by atoms with Crippen LogP contribution in [0.5, 0.6) is 0 Å². The van der Waals surface area contributed by atoms with E-state index in [0.29, 0.717) is 6.67 Å². The maximum Gasteiger partial charge on any atom is 0.208 e. The van der Waals surface area contributed by atoms with Gasteiger partial charge < -0.3 is 5.32 Å². The van der Waals surface area contributed by atoms with Crippen molar-refractivity contribution in [1.82, 2.24) is 10.2 Å². The monoisotopic (exact) mass is 130 g/mol. The molecule has 9 heavy (non-hydrogen) atoms. The highest BCUT2D eigenvalue weighted by Crippen LogP contribution is 1.80. The van der Waals surface area contributed by atoms with Crippen LogP contribution in [0.4, 0.5) is 0 Å². The molecule has 0 saturated carbocycles. The Kier molecular flexibility index (Phi) is 5.21. The Bertz CT molecular complexity index is 71.5. The van der Waals surface area contributed by atoms with Gasteiger partial charge in [0.2, 0.25) is 6.41 Å². The fourth-order valence-electron chi connectivity index (χ4n) is 0.614. The number of hydrogen-bond acceptors (Lipinski definition) is 2. The van der Waals surface area contributed by atoms with Crippen LogP contribution in [0.1, 0.15) is 13.8 Å². The summed E-state index contributed by atoms with van der Waals surface area (Å²) in [6.45, 7) is 6.76. The molecule has 0 aliphatic rings. The third-order valence-corrected chi connectivity index (χ3v) is 1.29. The van der Waals surface area contributed by atoms with E-state index in [4.69, 9.17) is 0 Å². The van der Waals surface area contributed by atoms with Gasteiger partial charge in [0.25, 0.3) is 0 Å². The normalized spacial score (nSPS) is 9.67. The van der Waals surface area contributed by atoms with E-state index in [1.165, 1.54) is 0 Å². The van der Waals surface area contributed by atoms with Gasteiger partial charge in [0.1, 0.15) is 0 Å². The van der Waals surface area contributed by atoms with Crippen molar-refractivity contribution < 1.29 is 4.79 Å². The molecule has 3 nitrogen and oxygen atoms in total. The summed E-state index contributed by atoms with van der Waals surface area (Å²) in [5.41, 5.74) is 0. The minimum absolute atomic E-state index is 0.663. The number of nitrogens with zero attached hydrogens (tertiary/aromatic N) is 1. The van der Waals surface area contributed by atoms with Gasteiger partial charge in [-0.15, -0.1) is 0 Å². The Hall–Kier alpha value is -0.570. The lowest BCUT2D eigenvalue weighted by Gasteiger charge is -2.16. The highest BCUT2D eigenvalue weighted by molar-refractivity contribution is 5.45. The molecule has 1 N–H and O–H groups in total. The third-order valence-electron chi connectivity index (χ3n) is 1.29. The summed E-state index contributed by atoms with van der Waals surface area (Å²) >= 11 is 0. The van der Waals surface area contributed by atoms with Gasteiger partial charge in [-0.25, -0.2) is 0 Å². The number of carbonyl (C=O) groups is 1. The minimum Gasteiger partial charge on any atom is -0.346 e. The number of nitrogens with one attached hydrogen (secondary N) is 1. The first-order valence-corrected chi connectivity index (χ1v) is 3.24. The summed E-state index contributed by atoms with van der Waals surface area (Å²) in [6, 6.07) is 0. The summed E-state index contributed by atoms with van der Waals surface area (Å²) in [5, 5.41) is 2.60. The highest BCUT2D eigenvalue weighted by atomic mass is 16.1. The first kappa shape index (κ1) is 8.43. The molecule has 0 heterocycles. The van der Waals surface area contributed by atoms with Crippen LogP contribution in [0.15, 0.2) is 0 Å². The van der Waals surface area contributed by atoms with Crippen molar-refractivity contribution in [1.29, 1.82) is 0 Å². The van der Waals surface area contributed by atoms with Gasteiger partial charge in [-0.3, -0.25) is 9.69 Å². The second kappa shape index (κ2) is 5.56. The van der Waals surface area contributed by atoms with Gasteiger partial charge in [-0.2, -0.15) is 0 Å². The molecule has 0 unspecified atom stereocenters. The van der Waals surface area contributed by atoms with Gasteiger partial charge in [0, 0.05) is 0 Å². The molecule has 0 aliphatic heterocycles. The van der Waals surface area contributed by atoms with E-state index in [9.17, 15) is 4.79 Å². The Morgan fingerprint density at radius 1 is 1.44 bits per heavy atom. The maximum atomic E-state index is 9.80. The fourth-order valence-corrected chi connectivity index (χ4v) is 0.614. The second-order valence-corrected chi connectivity index (χ2v) is 1.78. The molecule has 0 saturated heterocycles. The SMILES string of the molecule is CCN(CC)CNC=O. The fraction of sp³-hybridized carbons (Fsp3) is 0.833. The molecule has 54 valence electrons. The lowest BCUT2D eigenvalue weighted by atomic mass is 10.5. The van der Waals surface area contributed by atoms with Crippen LogP contribution in [-0.4, -0.2) is 31.1 Å². The van der Waals surface area contributed by atoms with Crippen LogP contribution >= 0.6 is 0 Å². The topological polar surface area (TPSA) is 32.3 Å². The number of hydrogen-bond donors (Lipinski definition) is 1. The van der Waals surface area contributed by atoms with E-state index in [1.54, 1.807) is 0 Å². The van der Waals surface area contributed by atoms with Crippen LogP contribution in [0, 0.1) is 0 Å². The lowest BCUT2D eigenvalue weighted by Crippen LogP contribution is -2.33. The standard InChI is InChI=1S/C6H14N2O/c1-3-8(4-2)5-7-6-9/h6H,3-5H2,1-2H3,(H,7,9). The molecule has 0 rings (SSSR count). The van der Waals surface area contributed by atoms with E-state index < -0.39 is 0 Å². The number of carbonyl (C=O) groups excluding carboxylic acids is 1. The Morgan fingerprint density at radius 2 is 2.00 bits per heavy atom. The van der Waals surface area contributed by atoms with Gasteiger partial charge in [0.05, 0.1) is 6.67 Å². The average Bonchev–Trinajstić information content (AvgIpc) is 1.91. The van der Waals surface area contributed by atoms with E-state index in [-0.39, 0.29) is 0 Å². The van der Waals surface area contributed by atoms with Crippen molar-refractivity contribution in [3.63, 3.8) is 0 Å². The van der Waals surface area contributed by atoms with Gasteiger partial charge in [-0.05, 0) is 13.1 Å². The van der Waals surface area contributed by atoms with Gasteiger partial charge >= 0.3 is 0 Å². The van der Waals surface area contributed by atoms with E-state index in [0.717, 1.165) is 19.5 Å². The zero-order chi connectivity index (χ0) is 7.11. The largest absolute Gasteiger partial charge is 0.346 e.